The van der Waals surface area contributed by atoms with Crippen molar-refractivity contribution < 1.29 is 47.6 Å². The van der Waals surface area contributed by atoms with Crippen LogP contribution in [0.4, 0.5) is 0 Å². The van der Waals surface area contributed by atoms with Crippen LogP contribution >= 0.6 is 0 Å². The first kappa shape index (κ1) is 41.0. The molecule has 0 bridgehead atoms. The Morgan fingerprint density at radius 2 is 1.13 bits per heavy atom. The van der Waals surface area contributed by atoms with E-state index in [4.69, 9.17) is 28.4 Å². The summed E-state index contributed by atoms with van der Waals surface area (Å²) >= 11 is 0. The second-order valence-corrected chi connectivity index (χ2v) is 11.0. The van der Waals surface area contributed by atoms with Crippen LogP contribution in [-0.2, 0) is 19.1 Å². The van der Waals surface area contributed by atoms with Crippen molar-refractivity contribution in [2.45, 2.75) is 19.8 Å². The Morgan fingerprint density at radius 3 is 1.64 bits per heavy atom. The van der Waals surface area contributed by atoms with E-state index in [9.17, 15) is 19.2 Å². The zero-order valence-corrected chi connectivity index (χ0v) is 29.9. The first-order chi connectivity index (χ1) is 25.7. The molecule has 0 unspecified atom stereocenters. The van der Waals surface area contributed by atoms with E-state index in [0.29, 0.717) is 68.4 Å². The van der Waals surface area contributed by atoms with Crippen LogP contribution in [0.15, 0.2) is 127 Å². The molecule has 0 saturated carbocycles. The number of likely N-dealkylation sites (N-methyl/N-ethyl adjacent to an activating group) is 1. The number of allylic oxidation sites excluding steroid dienone is 3. The fourth-order valence-electron chi connectivity index (χ4n) is 4.28. The van der Waals surface area contributed by atoms with E-state index < -0.39 is 23.9 Å². The lowest BCUT2D eigenvalue weighted by atomic mass is 10.2. The van der Waals surface area contributed by atoms with Crippen LogP contribution in [0.1, 0.15) is 40.5 Å². The van der Waals surface area contributed by atoms with E-state index in [0.717, 1.165) is 17.8 Å². The molecule has 0 saturated heterocycles. The van der Waals surface area contributed by atoms with Crippen LogP contribution in [0.5, 0.6) is 23.0 Å². The molecular formula is C41H44N2O10. The first-order valence-electron chi connectivity index (χ1n) is 16.8. The molecule has 0 radical (unpaired) electrons. The lowest BCUT2D eigenvalue weighted by Gasteiger charge is -2.19. The molecule has 0 N–H and O–H groups in total. The highest BCUT2D eigenvalue weighted by molar-refractivity contribution is 5.92. The van der Waals surface area contributed by atoms with E-state index in [1.165, 1.54) is 24.3 Å². The highest BCUT2D eigenvalue weighted by Crippen LogP contribution is 2.21. The van der Waals surface area contributed by atoms with Crippen LogP contribution in [0.2, 0.25) is 0 Å². The van der Waals surface area contributed by atoms with Gasteiger partial charge in [0.2, 0.25) is 0 Å². The van der Waals surface area contributed by atoms with Gasteiger partial charge in [0.25, 0.3) is 0 Å². The molecule has 0 aliphatic rings. The molecule has 3 aromatic carbocycles. The standard InChI is InChI=1S/C41H44N2O10/c1-5-10-33(43(4)26-30-51-39(45)7-3)23-24-42-25-29-49-35-17-13-32(14-18-35)41(47)53-37-21-19-36(20-22-37)52-40(46)31-11-15-34(16-12-31)48-27-8-9-28-50-38(44)6-2/h5-7,10-24H,2-3,8-9,25-30H2,1,4H3/b10-5-,33-23+,42-24?. The van der Waals surface area contributed by atoms with Gasteiger partial charge < -0.3 is 33.3 Å². The Bertz CT molecular complexity index is 1740. The molecule has 0 amide bonds. The zero-order valence-electron chi connectivity index (χ0n) is 29.9. The first-order valence-corrected chi connectivity index (χ1v) is 16.8. The molecule has 0 aromatic heterocycles. The number of rotatable bonds is 22. The van der Waals surface area contributed by atoms with Gasteiger partial charge in [-0.25, -0.2) is 19.2 Å². The van der Waals surface area contributed by atoms with Gasteiger partial charge in [-0.2, -0.15) is 0 Å². The number of hydrogen-bond acceptors (Lipinski definition) is 12. The van der Waals surface area contributed by atoms with Crippen LogP contribution in [0.25, 0.3) is 0 Å². The molecule has 0 atom stereocenters. The van der Waals surface area contributed by atoms with E-state index >= 15 is 0 Å². The number of unbranched alkanes of at least 4 members (excludes halogenated alkanes) is 1. The third-order valence-electron chi connectivity index (χ3n) is 7.10. The van der Waals surface area contributed by atoms with Gasteiger partial charge in [0.1, 0.15) is 36.2 Å². The van der Waals surface area contributed by atoms with Gasteiger partial charge >= 0.3 is 23.9 Å². The summed E-state index contributed by atoms with van der Waals surface area (Å²) < 4.78 is 32.2. The number of aliphatic imine (C=N–C) groups is 1. The molecular weight excluding hydrogens is 680 g/mol. The van der Waals surface area contributed by atoms with E-state index in [1.807, 2.05) is 37.1 Å². The fourth-order valence-corrected chi connectivity index (χ4v) is 4.28. The minimum Gasteiger partial charge on any atom is -0.494 e. The van der Waals surface area contributed by atoms with Gasteiger partial charge in [-0.15, -0.1) is 0 Å². The van der Waals surface area contributed by atoms with Crippen molar-refractivity contribution in [2.75, 3.05) is 46.6 Å². The minimum absolute atomic E-state index is 0.238. The molecule has 0 spiro atoms. The molecule has 53 heavy (non-hydrogen) atoms. The Labute approximate surface area is 309 Å². The topological polar surface area (TPSA) is 139 Å². The molecule has 12 nitrogen and oxygen atoms in total. The second-order valence-electron chi connectivity index (χ2n) is 11.0. The van der Waals surface area contributed by atoms with E-state index in [-0.39, 0.29) is 18.1 Å². The number of carbonyl (C=O) groups excluding carboxylic acids is 4. The smallest absolute Gasteiger partial charge is 0.343 e. The molecule has 3 rings (SSSR count). The van der Waals surface area contributed by atoms with Crippen molar-refractivity contribution in [3.8, 4) is 23.0 Å². The molecule has 278 valence electrons. The third kappa shape index (κ3) is 15.6. The van der Waals surface area contributed by atoms with Crippen molar-refractivity contribution in [3.05, 3.63) is 133 Å². The Morgan fingerprint density at radius 1 is 0.660 bits per heavy atom. The molecule has 0 aliphatic heterocycles. The summed E-state index contributed by atoms with van der Waals surface area (Å²) in [5.74, 6) is -0.296. The largest absolute Gasteiger partial charge is 0.494 e. The minimum atomic E-state index is -0.558. The summed E-state index contributed by atoms with van der Waals surface area (Å²) in [5.41, 5.74) is 1.56. The van der Waals surface area contributed by atoms with Crippen molar-refractivity contribution >= 4 is 30.1 Å². The Balaban J connectivity index is 1.38. The average Bonchev–Trinajstić information content (AvgIpc) is 3.17. The van der Waals surface area contributed by atoms with Gasteiger partial charge in [-0.3, -0.25) is 4.99 Å². The summed E-state index contributed by atoms with van der Waals surface area (Å²) in [6.07, 6.45) is 11.0. The third-order valence-corrected chi connectivity index (χ3v) is 7.10. The van der Waals surface area contributed by atoms with Crippen molar-refractivity contribution in [2.24, 2.45) is 4.99 Å². The van der Waals surface area contributed by atoms with E-state index in [2.05, 4.69) is 18.2 Å². The van der Waals surface area contributed by atoms with Gasteiger partial charge in [-0.05, 0) is 105 Å². The van der Waals surface area contributed by atoms with Gasteiger partial charge in [0.15, 0.2) is 0 Å². The molecule has 0 fully saturated rings. The molecule has 3 aromatic rings. The molecule has 0 aliphatic carbocycles. The number of ether oxygens (including phenoxy) is 6. The predicted molar refractivity (Wildman–Crippen MR) is 201 cm³/mol. The maximum Gasteiger partial charge on any atom is 0.343 e. The maximum atomic E-state index is 12.7. The quantitative estimate of drug-likeness (QED) is 0.0277. The summed E-state index contributed by atoms with van der Waals surface area (Å²) in [4.78, 5) is 53.9. The van der Waals surface area contributed by atoms with Gasteiger partial charge in [-0.1, -0.05) is 19.2 Å². The molecule has 12 heteroatoms. The van der Waals surface area contributed by atoms with Crippen LogP contribution in [-0.4, -0.2) is 81.6 Å². The van der Waals surface area contributed by atoms with Crippen molar-refractivity contribution in [1.29, 1.82) is 0 Å². The summed E-state index contributed by atoms with van der Waals surface area (Å²) in [5, 5.41) is 0. The molecule has 0 heterocycles. The lowest BCUT2D eigenvalue weighted by molar-refractivity contribution is -0.138. The van der Waals surface area contributed by atoms with Gasteiger partial charge in [0.05, 0.1) is 37.4 Å². The fraction of sp³-hybridized carbons (Fsp3) is 0.244. The predicted octanol–water partition coefficient (Wildman–Crippen LogP) is 6.58. The highest BCUT2D eigenvalue weighted by atomic mass is 16.5. The van der Waals surface area contributed by atoms with Crippen molar-refractivity contribution in [1.82, 2.24) is 4.90 Å². The Hall–Kier alpha value is -6.43. The number of esters is 4. The van der Waals surface area contributed by atoms with Crippen LogP contribution in [0, 0.1) is 0 Å². The summed E-state index contributed by atoms with van der Waals surface area (Å²) in [6.45, 7) is 10.9. The van der Waals surface area contributed by atoms with Gasteiger partial charge in [0, 0.05) is 31.1 Å². The highest BCUT2D eigenvalue weighted by Gasteiger charge is 2.12. The number of benzene rings is 3. The average molecular weight is 725 g/mol. The van der Waals surface area contributed by atoms with E-state index in [1.54, 1.807) is 54.7 Å². The number of carbonyl (C=O) groups is 4. The summed E-state index contributed by atoms with van der Waals surface area (Å²) in [6, 6.07) is 19.2. The monoisotopic (exact) mass is 724 g/mol. The summed E-state index contributed by atoms with van der Waals surface area (Å²) in [7, 11) is 1.89. The number of nitrogens with zero attached hydrogens (tertiary/aromatic N) is 2. The second kappa shape index (κ2) is 23.1. The normalized spacial score (nSPS) is 11.1. The Kier molecular flexibility index (Phi) is 17.9. The zero-order chi connectivity index (χ0) is 38.3. The number of hydrogen-bond donors (Lipinski definition) is 0. The lowest BCUT2D eigenvalue weighted by Crippen LogP contribution is -2.23. The SMILES string of the molecule is C=CC(=O)OCCCCOc1ccc(C(=O)Oc2ccc(OC(=O)c3ccc(OCCN=C/C=C(\C=C/C)N(C)CCOC(=O)C=C)cc3)cc2)cc1. The van der Waals surface area contributed by atoms with Crippen molar-refractivity contribution in [3.63, 3.8) is 0 Å². The van der Waals surface area contributed by atoms with Crippen LogP contribution < -0.4 is 18.9 Å². The van der Waals surface area contributed by atoms with Crippen LogP contribution in [0.3, 0.4) is 0 Å². The maximum absolute atomic E-state index is 12.7.